The van der Waals surface area contributed by atoms with Crippen molar-refractivity contribution >= 4 is 11.9 Å². The van der Waals surface area contributed by atoms with Gasteiger partial charge in [0.1, 0.15) is 6.61 Å². The summed E-state index contributed by atoms with van der Waals surface area (Å²) in [6, 6.07) is 16.0. The van der Waals surface area contributed by atoms with E-state index < -0.39 is 12.1 Å². The number of hydrogen-bond donors (Lipinski definition) is 1. The third-order valence-corrected chi connectivity index (χ3v) is 3.28. The van der Waals surface area contributed by atoms with Gasteiger partial charge in [-0.25, -0.2) is 4.79 Å². The van der Waals surface area contributed by atoms with Crippen LogP contribution in [0.2, 0.25) is 0 Å². The lowest BCUT2D eigenvalue weighted by molar-refractivity contribution is 0.0926. The lowest BCUT2D eigenvalue weighted by atomic mass is 10.0. The highest BCUT2D eigenvalue weighted by Crippen LogP contribution is 2.07. The third kappa shape index (κ3) is 4.45. The molecule has 4 nitrogen and oxygen atoms in total. The van der Waals surface area contributed by atoms with Crippen molar-refractivity contribution in [1.82, 2.24) is 5.32 Å². The Balaban J connectivity index is 1.85. The number of Topliss-reactive ketones (excluding diaryl/α,β-unsaturated/α-hetero) is 1. The molecule has 0 aliphatic carbocycles. The minimum Gasteiger partial charge on any atom is -0.445 e. The number of hydrogen-bond acceptors (Lipinski definition) is 3. The van der Waals surface area contributed by atoms with Crippen molar-refractivity contribution in [2.24, 2.45) is 0 Å². The molecule has 114 valence electrons. The molecule has 0 saturated heterocycles. The molecule has 0 bridgehead atoms. The Morgan fingerprint density at radius 1 is 1.05 bits per heavy atom. The molecule has 0 unspecified atom stereocenters. The van der Waals surface area contributed by atoms with Crippen LogP contribution in [0.15, 0.2) is 54.6 Å². The maximum atomic E-state index is 12.2. The Morgan fingerprint density at radius 3 is 2.32 bits per heavy atom. The van der Waals surface area contributed by atoms with Gasteiger partial charge in [0.05, 0.1) is 6.04 Å². The summed E-state index contributed by atoms with van der Waals surface area (Å²) in [7, 11) is 0. The molecule has 2 rings (SSSR count). The van der Waals surface area contributed by atoms with Crippen molar-refractivity contribution in [2.75, 3.05) is 0 Å². The number of nitrogens with one attached hydrogen (secondary N) is 1. The summed E-state index contributed by atoms with van der Waals surface area (Å²) in [6.07, 6.45) is -0.600. The van der Waals surface area contributed by atoms with E-state index in [2.05, 4.69) is 5.32 Å². The topological polar surface area (TPSA) is 55.4 Å². The fourth-order valence-electron chi connectivity index (χ4n) is 1.97. The maximum absolute atomic E-state index is 12.2. The van der Waals surface area contributed by atoms with Crippen LogP contribution in [0.1, 0.15) is 28.4 Å². The van der Waals surface area contributed by atoms with Gasteiger partial charge in [0.25, 0.3) is 0 Å². The minimum absolute atomic E-state index is 0.142. The van der Waals surface area contributed by atoms with Gasteiger partial charge in [0.15, 0.2) is 5.78 Å². The number of ether oxygens (including phenoxy) is 1. The van der Waals surface area contributed by atoms with Gasteiger partial charge in [-0.2, -0.15) is 0 Å². The van der Waals surface area contributed by atoms with Crippen LogP contribution in [-0.2, 0) is 11.3 Å². The van der Waals surface area contributed by atoms with E-state index in [0.717, 1.165) is 11.1 Å². The van der Waals surface area contributed by atoms with Gasteiger partial charge >= 0.3 is 6.09 Å². The summed E-state index contributed by atoms with van der Waals surface area (Å²) in [5.74, 6) is -0.142. The van der Waals surface area contributed by atoms with Crippen LogP contribution in [0.3, 0.4) is 0 Å². The molecular weight excluding hydrogens is 278 g/mol. The number of benzene rings is 2. The fraction of sp³-hybridized carbons (Fsp3) is 0.222. The number of rotatable bonds is 5. The van der Waals surface area contributed by atoms with E-state index in [9.17, 15) is 9.59 Å². The Morgan fingerprint density at radius 2 is 1.68 bits per heavy atom. The van der Waals surface area contributed by atoms with E-state index in [4.69, 9.17) is 4.74 Å². The summed E-state index contributed by atoms with van der Waals surface area (Å²) in [5, 5.41) is 2.55. The SMILES string of the molecule is Cc1ccc(C(=O)[C@@H](C)NC(=O)OCc2ccccc2)cc1. The monoisotopic (exact) mass is 297 g/mol. The van der Waals surface area contributed by atoms with Crippen molar-refractivity contribution in [3.8, 4) is 0 Å². The molecule has 22 heavy (non-hydrogen) atoms. The first-order chi connectivity index (χ1) is 10.6. The number of carbonyl (C=O) groups excluding carboxylic acids is 2. The van der Waals surface area contributed by atoms with E-state index >= 15 is 0 Å². The molecule has 1 atom stereocenters. The van der Waals surface area contributed by atoms with E-state index in [-0.39, 0.29) is 12.4 Å². The minimum atomic E-state index is -0.633. The number of amides is 1. The zero-order chi connectivity index (χ0) is 15.9. The number of alkyl carbamates (subject to hydrolysis) is 1. The van der Waals surface area contributed by atoms with Crippen molar-refractivity contribution in [3.05, 3.63) is 71.3 Å². The first-order valence-electron chi connectivity index (χ1n) is 7.14. The highest BCUT2D eigenvalue weighted by atomic mass is 16.5. The molecule has 4 heteroatoms. The number of ketones is 1. The quantitative estimate of drug-likeness (QED) is 0.859. The summed E-state index contributed by atoms with van der Waals surface area (Å²) >= 11 is 0. The second-order valence-electron chi connectivity index (χ2n) is 5.16. The molecule has 1 amide bonds. The molecule has 0 aliphatic heterocycles. The van der Waals surface area contributed by atoms with Crippen molar-refractivity contribution in [3.63, 3.8) is 0 Å². The molecular formula is C18H19NO3. The molecule has 2 aromatic rings. The molecule has 0 aliphatic rings. The smallest absolute Gasteiger partial charge is 0.408 e. The molecule has 0 spiro atoms. The van der Waals surface area contributed by atoms with Crippen LogP contribution in [0, 0.1) is 6.92 Å². The molecule has 0 heterocycles. The van der Waals surface area contributed by atoms with Crippen LogP contribution < -0.4 is 5.32 Å². The average Bonchev–Trinajstić information content (AvgIpc) is 2.54. The van der Waals surface area contributed by atoms with E-state index in [1.54, 1.807) is 19.1 Å². The summed E-state index contributed by atoms with van der Waals surface area (Å²) < 4.78 is 5.10. The highest BCUT2D eigenvalue weighted by molar-refractivity contribution is 6.01. The zero-order valence-electron chi connectivity index (χ0n) is 12.7. The van der Waals surface area contributed by atoms with Gasteiger partial charge < -0.3 is 10.1 Å². The first-order valence-corrected chi connectivity index (χ1v) is 7.14. The van der Waals surface area contributed by atoms with Gasteiger partial charge in [-0.3, -0.25) is 4.79 Å². The lowest BCUT2D eigenvalue weighted by Gasteiger charge is -2.13. The standard InChI is InChI=1S/C18H19NO3/c1-13-8-10-16(11-9-13)17(20)14(2)19-18(21)22-12-15-6-4-3-5-7-15/h3-11,14H,12H2,1-2H3,(H,19,21)/t14-/m1/s1. The molecule has 1 N–H and O–H groups in total. The van der Waals surface area contributed by atoms with Crippen LogP contribution in [0.5, 0.6) is 0 Å². The van der Waals surface area contributed by atoms with Crippen molar-refractivity contribution in [1.29, 1.82) is 0 Å². The van der Waals surface area contributed by atoms with Gasteiger partial charge in [-0.15, -0.1) is 0 Å². The third-order valence-electron chi connectivity index (χ3n) is 3.28. The predicted molar refractivity (Wildman–Crippen MR) is 84.7 cm³/mol. The van der Waals surface area contributed by atoms with Gasteiger partial charge in [0, 0.05) is 5.56 Å². The van der Waals surface area contributed by atoms with Crippen LogP contribution in [0.25, 0.3) is 0 Å². The number of aryl methyl sites for hydroxylation is 1. The molecule has 2 aromatic carbocycles. The normalized spacial score (nSPS) is 11.5. The molecule has 0 radical (unpaired) electrons. The Kier molecular flexibility index (Phi) is 5.31. The average molecular weight is 297 g/mol. The Bertz CT molecular complexity index is 635. The Labute approximate surface area is 130 Å². The lowest BCUT2D eigenvalue weighted by Crippen LogP contribution is -2.38. The summed E-state index contributed by atoms with van der Waals surface area (Å²) in [4.78, 5) is 23.9. The second kappa shape index (κ2) is 7.41. The van der Waals surface area contributed by atoms with E-state index in [1.165, 1.54) is 0 Å². The van der Waals surface area contributed by atoms with Crippen molar-refractivity contribution in [2.45, 2.75) is 26.5 Å². The van der Waals surface area contributed by atoms with Gasteiger partial charge in [-0.1, -0.05) is 60.2 Å². The predicted octanol–water partition coefficient (Wildman–Crippen LogP) is 3.49. The van der Waals surface area contributed by atoms with E-state index in [0.29, 0.717) is 5.56 Å². The fourth-order valence-corrected chi connectivity index (χ4v) is 1.97. The summed E-state index contributed by atoms with van der Waals surface area (Å²) in [5.41, 5.74) is 2.55. The first kappa shape index (κ1) is 15.8. The van der Waals surface area contributed by atoms with E-state index in [1.807, 2.05) is 49.4 Å². The second-order valence-corrected chi connectivity index (χ2v) is 5.16. The van der Waals surface area contributed by atoms with Crippen LogP contribution >= 0.6 is 0 Å². The molecule has 0 saturated carbocycles. The van der Waals surface area contributed by atoms with Crippen LogP contribution in [-0.4, -0.2) is 17.9 Å². The summed E-state index contributed by atoms with van der Waals surface area (Å²) in [6.45, 7) is 3.78. The van der Waals surface area contributed by atoms with Crippen LogP contribution in [0.4, 0.5) is 4.79 Å². The molecule has 0 aromatic heterocycles. The largest absolute Gasteiger partial charge is 0.445 e. The zero-order valence-corrected chi connectivity index (χ0v) is 12.7. The van der Waals surface area contributed by atoms with Crippen molar-refractivity contribution < 1.29 is 14.3 Å². The maximum Gasteiger partial charge on any atom is 0.408 e. The molecule has 0 fully saturated rings. The Hall–Kier alpha value is -2.62. The van der Waals surface area contributed by atoms with Gasteiger partial charge in [-0.05, 0) is 19.4 Å². The number of carbonyl (C=O) groups is 2. The van der Waals surface area contributed by atoms with Gasteiger partial charge in [0.2, 0.25) is 0 Å². The highest BCUT2D eigenvalue weighted by Gasteiger charge is 2.17.